The highest BCUT2D eigenvalue weighted by Crippen LogP contribution is 2.33. The van der Waals surface area contributed by atoms with Crippen molar-refractivity contribution in [2.75, 3.05) is 23.4 Å². The first kappa shape index (κ1) is 16.3. The molecule has 0 amide bonds. The average Bonchev–Trinajstić information content (AvgIpc) is 2.30. The molecular formula is C11H13BrF3NO2S. The predicted octanol–water partition coefficient (Wildman–Crippen LogP) is 3.31. The van der Waals surface area contributed by atoms with Crippen LogP contribution in [0.15, 0.2) is 22.7 Å². The molecule has 8 heteroatoms. The molecule has 1 aromatic carbocycles. The Morgan fingerprint density at radius 3 is 2.42 bits per heavy atom. The molecule has 1 rings (SSSR count). The highest BCUT2D eigenvalue weighted by atomic mass is 79.9. The lowest BCUT2D eigenvalue weighted by Crippen LogP contribution is -2.17. The number of alkyl halides is 3. The van der Waals surface area contributed by atoms with Crippen LogP contribution in [0.2, 0.25) is 0 Å². The van der Waals surface area contributed by atoms with Gasteiger partial charge in [-0.3, -0.25) is 0 Å². The van der Waals surface area contributed by atoms with Crippen LogP contribution in [0.5, 0.6) is 0 Å². The van der Waals surface area contributed by atoms with Gasteiger partial charge in [0.25, 0.3) is 0 Å². The Morgan fingerprint density at radius 1 is 1.32 bits per heavy atom. The third-order valence-corrected chi connectivity index (χ3v) is 4.83. The molecule has 0 heterocycles. The van der Waals surface area contributed by atoms with Crippen LogP contribution in [0.3, 0.4) is 0 Å². The van der Waals surface area contributed by atoms with Crippen LogP contribution < -0.4 is 5.32 Å². The minimum atomic E-state index is -4.40. The summed E-state index contributed by atoms with van der Waals surface area (Å²) in [6, 6.07) is 3.17. The fourth-order valence-corrected chi connectivity index (χ4v) is 2.54. The molecule has 108 valence electrons. The lowest BCUT2D eigenvalue weighted by molar-refractivity contribution is -0.137. The number of benzene rings is 1. The van der Waals surface area contributed by atoms with Gasteiger partial charge in [-0.05, 0) is 34.1 Å². The van der Waals surface area contributed by atoms with E-state index in [0.717, 1.165) is 12.1 Å². The maximum absolute atomic E-state index is 12.4. The van der Waals surface area contributed by atoms with E-state index in [1.165, 1.54) is 6.07 Å². The van der Waals surface area contributed by atoms with Gasteiger partial charge < -0.3 is 5.32 Å². The first-order valence-corrected chi connectivity index (χ1v) is 8.08. The predicted molar refractivity (Wildman–Crippen MR) is 72.0 cm³/mol. The van der Waals surface area contributed by atoms with Crippen molar-refractivity contribution in [1.29, 1.82) is 0 Å². The zero-order valence-electron chi connectivity index (χ0n) is 10.1. The maximum atomic E-state index is 12.4. The van der Waals surface area contributed by atoms with Crippen molar-refractivity contribution >= 4 is 31.5 Å². The summed E-state index contributed by atoms with van der Waals surface area (Å²) in [5, 5.41) is 2.79. The number of nitrogens with one attached hydrogen (secondary N) is 1. The van der Waals surface area contributed by atoms with Crippen LogP contribution in [0.4, 0.5) is 18.9 Å². The summed E-state index contributed by atoms with van der Waals surface area (Å²) in [4.78, 5) is 0. The molecule has 3 nitrogen and oxygen atoms in total. The summed E-state index contributed by atoms with van der Waals surface area (Å²) in [6.07, 6.45) is -4.40. The first-order valence-electron chi connectivity index (χ1n) is 5.47. The third kappa shape index (κ3) is 5.02. The molecule has 1 N–H and O–H groups in total. The average molecular weight is 360 g/mol. The van der Waals surface area contributed by atoms with E-state index in [9.17, 15) is 21.6 Å². The lowest BCUT2D eigenvalue weighted by atomic mass is 10.2. The molecule has 0 aromatic heterocycles. The number of sulfone groups is 1. The van der Waals surface area contributed by atoms with Crippen LogP contribution in [0.25, 0.3) is 0 Å². The smallest absolute Gasteiger partial charge is 0.383 e. The summed E-state index contributed by atoms with van der Waals surface area (Å²) in [6.45, 7) is 1.70. The number of hydrogen-bond acceptors (Lipinski definition) is 3. The van der Waals surface area contributed by atoms with Gasteiger partial charge in [0.1, 0.15) is 0 Å². The molecule has 0 saturated heterocycles. The second-order valence-electron chi connectivity index (χ2n) is 3.86. The Hall–Kier alpha value is -0.760. The van der Waals surface area contributed by atoms with Crippen molar-refractivity contribution in [3.63, 3.8) is 0 Å². The molecule has 0 unspecified atom stereocenters. The van der Waals surface area contributed by atoms with E-state index in [0.29, 0.717) is 5.69 Å². The summed E-state index contributed by atoms with van der Waals surface area (Å²) >= 11 is 3.03. The Bertz CT molecular complexity index is 543. The molecule has 0 atom stereocenters. The van der Waals surface area contributed by atoms with Gasteiger partial charge in [0.2, 0.25) is 0 Å². The van der Waals surface area contributed by atoms with Gasteiger partial charge in [-0.2, -0.15) is 13.2 Å². The Kier molecular flexibility index (Phi) is 5.26. The Balaban J connectivity index is 2.71. The highest BCUT2D eigenvalue weighted by Gasteiger charge is 2.30. The van der Waals surface area contributed by atoms with E-state index in [2.05, 4.69) is 21.2 Å². The van der Waals surface area contributed by atoms with E-state index in [-0.39, 0.29) is 22.5 Å². The second-order valence-corrected chi connectivity index (χ2v) is 7.18. The van der Waals surface area contributed by atoms with E-state index in [4.69, 9.17) is 0 Å². The quantitative estimate of drug-likeness (QED) is 0.877. The third-order valence-electron chi connectivity index (χ3n) is 2.46. The largest absolute Gasteiger partial charge is 0.416 e. The van der Waals surface area contributed by atoms with Gasteiger partial charge in [-0.25, -0.2) is 8.42 Å². The fraction of sp³-hybridized carbons (Fsp3) is 0.455. The zero-order valence-corrected chi connectivity index (χ0v) is 12.5. The van der Waals surface area contributed by atoms with Gasteiger partial charge in [0.15, 0.2) is 9.84 Å². The van der Waals surface area contributed by atoms with Crippen molar-refractivity contribution < 1.29 is 21.6 Å². The minimum absolute atomic E-state index is 0.0445. The molecule has 19 heavy (non-hydrogen) atoms. The molecule has 0 spiro atoms. The lowest BCUT2D eigenvalue weighted by Gasteiger charge is -2.11. The summed E-state index contributed by atoms with van der Waals surface area (Å²) < 4.78 is 60.1. The van der Waals surface area contributed by atoms with Gasteiger partial charge >= 0.3 is 6.18 Å². The number of halogens is 4. The molecule has 0 aliphatic rings. The number of rotatable bonds is 5. The van der Waals surface area contributed by atoms with E-state index in [1.807, 2.05) is 0 Å². The Morgan fingerprint density at radius 2 is 1.95 bits per heavy atom. The zero-order chi connectivity index (χ0) is 14.7. The van der Waals surface area contributed by atoms with Crippen LogP contribution in [0.1, 0.15) is 12.5 Å². The van der Waals surface area contributed by atoms with Crippen LogP contribution >= 0.6 is 15.9 Å². The molecule has 0 fully saturated rings. The molecule has 0 aliphatic carbocycles. The molecule has 1 aromatic rings. The first-order chi connectivity index (χ1) is 8.65. The van der Waals surface area contributed by atoms with Gasteiger partial charge in [0.05, 0.1) is 11.3 Å². The van der Waals surface area contributed by atoms with Crippen LogP contribution in [-0.4, -0.2) is 26.5 Å². The highest BCUT2D eigenvalue weighted by molar-refractivity contribution is 9.10. The van der Waals surface area contributed by atoms with E-state index in [1.54, 1.807) is 6.92 Å². The van der Waals surface area contributed by atoms with E-state index >= 15 is 0 Å². The molecule has 0 radical (unpaired) electrons. The van der Waals surface area contributed by atoms with Crippen molar-refractivity contribution in [3.05, 3.63) is 28.2 Å². The Labute approximate surface area is 118 Å². The number of anilines is 1. The molecular weight excluding hydrogens is 347 g/mol. The van der Waals surface area contributed by atoms with Gasteiger partial charge in [-0.15, -0.1) is 0 Å². The molecule has 0 aliphatic heterocycles. The summed E-state index contributed by atoms with van der Waals surface area (Å²) in [7, 11) is -3.09. The van der Waals surface area contributed by atoms with E-state index < -0.39 is 21.6 Å². The summed E-state index contributed by atoms with van der Waals surface area (Å²) in [5.41, 5.74) is -0.328. The number of hydrogen-bond donors (Lipinski definition) is 1. The van der Waals surface area contributed by atoms with Gasteiger partial charge in [0, 0.05) is 22.5 Å². The maximum Gasteiger partial charge on any atom is 0.416 e. The van der Waals surface area contributed by atoms with Gasteiger partial charge in [-0.1, -0.05) is 6.92 Å². The fourth-order valence-electron chi connectivity index (χ4n) is 1.32. The molecule has 0 bridgehead atoms. The standard InChI is InChI=1S/C11H13BrF3NO2S/c1-2-19(17,18)6-5-16-10-4-3-8(7-9(10)12)11(13,14)15/h3-4,7,16H,2,5-6H2,1H3. The van der Waals surface area contributed by atoms with Crippen molar-refractivity contribution in [2.45, 2.75) is 13.1 Å². The monoisotopic (exact) mass is 359 g/mol. The minimum Gasteiger partial charge on any atom is -0.383 e. The SMILES string of the molecule is CCS(=O)(=O)CCNc1ccc(C(F)(F)F)cc1Br. The summed E-state index contributed by atoms with van der Waals surface area (Å²) in [5.74, 6) is -0.0141. The topological polar surface area (TPSA) is 46.2 Å². The normalized spacial score (nSPS) is 12.5. The van der Waals surface area contributed by atoms with Crippen molar-refractivity contribution in [1.82, 2.24) is 0 Å². The van der Waals surface area contributed by atoms with Crippen LogP contribution in [-0.2, 0) is 16.0 Å². The second kappa shape index (κ2) is 6.13. The van der Waals surface area contributed by atoms with Crippen molar-refractivity contribution in [2.24, 2.45) is 0 Å². The van der Waals surface area contributed by atoms with Crippen LogP contribution in [0, 0.1) is 0 Å². The molecule has 0 saturated carbocycles. The van der Waals surface area contributed by atoms with Crippen molar-refractivity contribution in [3.8, 4) is 0 Å².